The summed E-state index contributed by atoms with van der Waals surface area (Å²) in [5.41, 5.74) is 0.546. The van der Waals surface area contributed by atoms with Crippen LogP contribution in [-0.4, -0.2) is 53.4 Å². The molecule has 1 aliphatic rings. The average molecular weight is 413 g/mol. The highest BCUT2D eigenvalue weighted by Crippen LogP contribution is 2.38. The maximum atomic E-state index is 13.0. The third-order valence-corrected chi connectivity index (χ3v) is 5.08. The van der Waals surface area contributed by atoms with Crippen LogP contribution in [0.1, 0.15) is 6.92 Å². The quantitative estimate of drug-likeness (QED) is 0.726. The van der Waals surface area contributed by atoms with E-state index >= 15 is 0 Å². The van der Waals surface area contributed by atoms with Crippen molar-refractivity contribution < 1.29 is 27.9 Å². The second kappa shape index (κ2) is 8.96. The van der Waals surface area contributed by atoms with Crippen molar-refractivity contribution in [1.29, 1.82) is 0 Å². The summed E-state index contributed by atoms with van der Waals surface area (Å²) in [4.78, 5) is 25.7. The van der Waals surface area contributed by atoms with Crippen LogP contribution in [0.25, 0.3) is 0 Å². The summed E-state index contributed by atoms with van der Waals surface area (Å²) in [7, 11) is 0. The number of rotatable bonds is 5. The van der Waals surface area contributed by atoms with Gasteiger partial charge in [-0.1, -0.05) is 6.07 Å². The van der Waals surface area contributed by atoms with Gasteiger partial charge in [-0.2, -0.15) is 13.2 Å². The van der Waals surface area contributed by atoms with E-state index in [-0.39, 0.29) is 19.0 Å². The molecule has 146 valence electrons. The molecule has 0 aromatic heterocycles. The van der Waals surface area contributed by atoms with Crippen molar-refractivity contribution in [3.8, 4) is 0 Å². The van der Waals surface area contributed by atoms with Gasteiger partial charge >= 0.3 is 12.1 Å². The molecular weight excluding hydrogens is 393 g/mol. The number of carbonyl (C=O) groups is 2. The van der Waals surface area contributed by atoms with Gasteiger partial charge in [-0.3, -0.25) is 14.5 Å². The summed E-state index contributed by atoms with van der Waals surface area (Å²) in [6, 6.07) is 6.22. The van der Waals surface area contributed by atoms with Crippen LogP contribution in [0.5, 0.6) is 0 Å². The van der Waals surface area contributed by atoms with Crippen molar-refractivity contribution in [3.05, 3.63) is 24.3 Å². The molecule has 26 heavy (non-hydrogen) atoms. The van der Waals surface area contributed by atoms with E-state index in [0.717, 1.165) is 4.90 Å². The largest absolute Gasteiger partial charge is 0.481 e. The Morgan fingerprint density at radius 1 is 1.35 bits per heavy atom. The fourth-order valence-corrected chi connectivity index (χ4v) is 3.31. The number of carbonyl (C=O) groups excluding carboxylic acids is 1. The van der Waals surface area contributed by atoms with E-state index in [4.69, 9.17) is 5.11 Å². The fraction of sp³-hybridized carbons (Fsp3) is 0.500. The number of thioether (sulfide) groups is 1. The van der Waals surface area contributed by atoms with Gasteiger partial charge in [-0.05, 0) is 31.4 Å². The van der Waals surface area contributed by atoms with Crippen molar-refractivity contribution in [3.63, 3.8) is 0 Å². The van der Waals surface area contributed by atoms with Gasteiger partial charge in [-0.25, -0.2) is 0 Å². The molecule has 1 amide bonds. The Balaban J connectivity index is 0.00000338. The van der Waals surface area contributed by atoms with E-state index in [0.29, 0.717) is 5.69 Å². The number of amides is 1. The Morgan fingerprint density at radius 2 is 2.00 bits per heavy atom. The zero-order chi connectivity index (χ0) is 18.8. The van der Waals surface area contributed by atoms with E-state index < -0.39 is 42.5 Å². The second-order valence-electron chi connectivity index (χ2n) is 5.94. The van der Waals surface area contributed by atoms with Crippen molar-refractivity contribution in [1.82, 2.24) is 4.90 Å². The lowest BCUT2D eigenvalue weighted by atomic mass is 9.96. The number of hydrogen-bond acceptors (Lipinski definition) is 4. The number of anilines is 1. The smallest absolute Gasteiger partial charge is 0.393 e. The van der Waals surface area contributed by atoms with E-state index in [9.17, 15) is 22.8 Å². The molecule has 1 aliphatic heterocycles. The van der Waals surface area contributed by atoms with Gasteiger partial charge in [0.15, 0.2) is 0 Å². The molecule has 0 radical (unpaired) electrons. The summed E-state index contributed by atoms with van der Waals surface area (Å²) < 4.78 is 39.1. The minimum absolute atomic E-state index is 0. The molecule has 0 aliphatic carbocycles. The Morgan fingerprint density at radius 3 is 2.50 bits per heavy atom. The lowest BCUT2D eigenvalue weighted by Gasteiger charge is -2.23. The molecule has 5 nitrogen and oxygen atoms in total. The summed E-state index contributed by atoms with van der Waals surface area (Å²) in [5, 5.41) is 11.7. The van der Waals surface area contributed by atoms with Crippen molar-refractivity contribution in [2.75, 3.05) is 24.7 Å². The first-order valence-electron chi connectivity index (χ1n) is 7.62. The number of carboxylic acid groups (broad SMARTS) is 1. The Labute approximate surface area is 159 Å². The number of alkyl halides is 3. The van der Waals surface area contributed by atoms with Gasteiger partial charge in [0.2, 0.25) is 5.91 Å². The highest BCUT2D eigenvalue weighted by atomic mass is 35.5. The van der Waals surface area contributed by atoms with E-state index in [1.165, 1.54) is 23.6 Å². The van der Waals surface area contributed by atoms with Crippen LogP contribution >= 0.6 is 24.2 Å². The molecule has 1 unspecified atom stereocenters. The van der Waals surface area contributed by atoms with Crippen LogP contribution in [0.15, 0.2) is 29.2 Å². The summed E-state index contributed by atoms with van der Waals surface area (Å²) in [5.74, 6) is -5.49. The first-order chi connectivity index (χ1) is 11.6. The zero-order valence-corrected chi connectivity index (χ0v) is 15.7. The molecule has 10 heteroatoms. The molecule has 1 heterocycles. The van der Waals surface area contributed by atoms with Crippen LogP contribution in [-0.2, 0) is 9.59 Å². The number of halogens is 4. The number of nitrogens with one attached hydrogen (secondary N) is 1. The third kappa shape index (κ3) is 5.28. The Kier molecular flexibility index (Phi) is 7.79. The van der Waals surface area contributed by atoms with Crippen LogP contribution in [0.2, 0.25) is 0 Å². The number of carboxylic acids is 1. The lowest BCUT2D eigenvalue weighted by molar-refractivity contribution is -0.188. The monoisotopic (exact) mass is 412 g/mol. The molecule has 1 fully saturated rings. The van der Waals surface area contributed by atoms with Crippen LogP contribution in [0.4, 0.5) is 18.9 Å². The maximum absolute atomic E-state index is 13.0. The van der Waals surface area contributed by atoms with E-state index in [1.54, 1.807) is 18.2 Å². The number of likely N-dealkylation sites (tertiary alicyclic amines) is 1. The normalized spacial score (nSPS) is 21.7. The fourth-order valence-electron chi connectivity index (χ4n) is 2.85. The first kappa shape index (κ1) is 22.6. The lowest BCUT2D eigenvalue weighted by Crippen LogP contribution is -2.41. The van der Waals surface area contributed by atoms with Crippen molar-refractivity contribution >= 4 is 41.7 Å². The van der Waals surface area contributed by atoms with Gasteiger partial charge in [-0.15, -0.1) is 24.2 Å². The molecule has 0 spiro atoms. The first-order valence-corrected chi connectivity index (χ1v) is 8.84. The number of nitrogens with zero attached hydrogens (tertiary/aromatic N) is 1. The molecule has 0 bridgehead atoms. The van der Waals surface area contributed by atoms with Gasteiger partial charge in [0.25, 0.3) is 0 Å². The van der Waals surface area contributed by atoms with E-state index in [1.807, 2.05) is 12.3 Å². The number of hydrogen-bond donors (Lipinski definition) is 2. The van der Waals surface area contributed by atoms with Crippen LogP contribution in [0, 0.1) is 11.8 Å². The van der Waals surface area contributed by atoms with Gasteiger partial charge in [0.05, 0.1) is 17.9 Å². The Bertz CT molecular complexity index is 660. The third-order valence-electron chi connectivity index (χ3n) is 4.35. The summed E-state index contributed by atoms with van der Waals surface area (Å²) >= 11 is 1.50. The summed E-state index contributed by atoms with van der Waals surface area (Å²) in [6.07, 6.45) is -2.72. The van der Waals surface area contributed by atoms with Crippen molar-refractivity contribution in [2.24, 2.45) is 11.8 Å². The second-order valence-corrected chi connectivity index (χ2v) is 6.82. The standard InChI is InChI=1S/C16H19F3N2O3S.ClH/c1-9(14(22)20-10-4-3-5-11(6-10)25-2)21-7-12(15(23)24)13(8-21)16(17,18)19;/h3-6,9,12-13H,7-8H2,1-2H3,(H,20,22)(H,23,24);1H/t9?,12-,13-;/m1./s1. The average Bonchev–Trinajstić information content (AvgIpc) is 3.00. The van der Waals surface area contributed by atoms with Gasteiger partial charge < -0.3 is 10.4 Å². The SMILES string of the molecule is CSc1cccc(NC(=O)C(C)N2C[C@@H](C(F)(F)F)[C@H](C(=O)O)C2)c1.Cl. The number of benzene rings is 1. The molecule has 0 saturated carbocycles. The van der Waals surface area contributed by atoms with Gasteiger partial charge in [0, 0.05) is 23.7 Å². The zero-order valence-electron chi connectivity index (χ0n) is 14.1. The van der Waals surface area contributed by atoms with E-state index in [2.05, 4.69) is 5.32 Å². The molecule has 1 aromatic carbocycles. The minimum Gasteiger partial charge on any atom is -0.481 e. The molecule has 2 N–H and O–H groups in total. The molecular formula is C16H20ClF3N2O3S. The summed E-state index contributed by atoms with van der Waals surface area (Å²) in [6.45, 7) is 0.671. The predicted octanol–water partition coefficient (Wildman–Crippen LogP) is 3.35. The Hall–Kier alpha value is -1.45. The maximum Gasteiger partial charge on any atom is 0.393 e. The highest BCUT2D eigenvalue weighted by Gasteiger charge is 2.53. The minimum atomic E-state index is -4.61. The molecule has 1 aromatic rings. The predicted molar refractivity (Wildman–Crippen MR) is 95.8 cm³/mol. The van der Waals surface area contributed by atoms with Crippen LogP contribution < -0.4 is 5.32 Å². The molecule has 2 rings (SSSR count). The molecule has 1 saturated heterocycles. The van der Waals surface area contributed by atoms with Crippen molar-refractivity contribution in [2.45, 2.75) is 24.0 Å². The van der Waals surface area contributed by atoms with Crippen LogP contribution in [0.3, 0.4) is 0 Å². The van der Waals surface area contributed by atoms with Gasteiger partial charge in [0.1, 0.15) is 0 Å². The topological polar surface area (TPSA) is 69.6 Å². The highest BCUT2D eigenvalue weighted by molar-refractivity contribution is 7.98. The number of aliphatic carboxylic acids is 1. The molecule has 3 atom stereocenters.